The summed E-state index contributed by atoms with van der Waals surface area (Å²) in [5, 5.41) is 8.17. The van der Waals surface area contributed by atoms with Gasteiger partial charge in [-0.25, -0.2) is 4.98 Å². The molecular formula is C26H21N5O4S. The van der Waals surface area contributed by atoms with E-state index in [9.17, 15) is 14.4 Å². The van der Waals surface area contributed by atoms with E-state index in [-0.39, 0.29) is 30.9 Å². The molecule has 4 aromatic rings. The fourth-order valence-electron chi connectivity index (χ4n) is 3.73. The third-order valence-electron chi connectivity index (χ3n) is 5.38. The van der Waals surface area contributed by atoms with Gasteiger partial charge in [0.25, 0.3) is 5.91 Å². The number of hydrogen-bond donors (Lipinski definition) is 2. The van der Waals surface area contributed by atoms with Crippen molar-refractivity contribution in [1.29, 1.82) is 0 Å². The highest BCUT2D eigenvalue weighted by atomic mass is 32.1. The van der Waals surface area contributed by atoms with Crippen molar-refractivity contribution in [3.05, 3.63) is 72.2 Å². The predicted octanol–water partition coefficient (Wildman–Crippen LogP) is 4.19. The Morgan fingerprint density at radius 3 is 2.53 bits per heavy atom. The van der Waals surface area contributed by atoms with E-state index in [0.29, 0.717) is 22.8 Å². The van der Waals surface area contributed by atoms with Crippen molar-refractivity contribution < 1.29 is 19.1 Å². The first-order valence-electron chi connectivity index (χ1n) is 11.1. The molecule has 0 bridgehead atoms. The van der Waals surface area contributed by atoms with Gasteiger partial charge in [0.15, 0.2) is 6.61 Å². The summed E-state index contributed by atoms with van der Waals surface area (Å²) in [6, 6.07) is 17.8. The molecule has 5 rings (SSSR count). The molecule has 0 spiro atoms. The molecule has 2 aromatic heterocycles. The molecule has 10 heteroatoms. The number of fused-ring (bicyclic) bond motifs is 1. The van der Waals surface area contributed by atoms with Crippen LogP contribution >= 0.6 is 11.3 Å². The lowest BCUT2D eigenvalue weighted by atomic mass is 10.1. The Balaban J connectivity index is 1.34. The van der Waals surface area contributed by atoms with Crippen molar-refractivity contribution >= 4 is 46.1 Å². The lowest BCUT2D eigenvalue weighted by Crippen LogP contribution is -2.43. The van der Waals surface area contributed by atoms with Crippen molar-refractivity contribution in [2.45, 2.75) is 6.92 Å². The minimum atomic E-state index is -0.361. The quantitative estimate of drug-likeness (QED) is 0.411. The average Bonchev–Trinajstić information content (AvgIpc) is 3.37. The number of nitrogens with one attached hydrogen (secondary N) is 2. The second-order valence-electron chi connectivity index (χ2n) is 8.01. The maximum atomic E-state index is 12.8. The van der Waals surface area contributed by atoms with Crippen LogP contribution in [0, 0.1) is 0 Å². The Bertz CT molecular complexity index is 1440. The number of carbonyl (C=O) groups is 3. The number of anilines is 3. The summed E-state index contributed by atoms with van der Waals surface area (Å²) in [7, 11) is 0. The molecule has 0 unspecified atom stereocenters. The Labute approximate surface area is 210 Å². The fraction of sp³-hybridized carbons (Fsp3) is 0.115. The number of ether oxygens (including phenoxy) is 1. The maximum Gasteiger partial charge on any atom is 0.265 e. The van der Waals surface area contributed by atoms with Crippen LogP contribution < -0.4 is 20.3 Å². The molecule has 180 valence electrons. The van der Waals surface area contributed by atoms with Gasteiger partial charge in [0.1, 0.15) is 17.3 Å². The summed E-state index contributed by atoms with van der Waals surface area (Å²) in [6.45, 7) is 1.10. The lowest BCUT2D eigenvalue weighted by Gasteiger charge is -2.29. The summed E-state index contributed by atoms with van der Waals surface area (Å²) in [5.74, 6) is -0.338. The normalized spacial score (nSPS) is 12.5. The van der Waals surface area contributed by atoms with Gasteiger partial charge in [-0.15, -0.1) is 11.3 Å². The van der Waals surface area contributed by atoms with Gasteiger partial charge in [0, 0.05) is 35.4 Å². The van der Waals surface area contributed by atoms with Crippen LogP contribution in [0.25, 0.3) is 22.0 Å². The molecule has 0 fully saturated rings. The number of thiazole rings is 1. The average molecular weight is 500 g/mol. The number of hydrogen-bond acceptors (Lipinski definition) is 7. The Morgan fingerprint density at radius 2 is 1.81 bits per heavy atom. The van der Waals surface area contributed by atoms with Crippen LogP contribution in [0.15, 0.2) is 72.2 Å². The van der Waals surface area contributed by atoms with Gasteiger partial charge in [-0.3, -0.25) is 24.3 Å². The SMILES string of the molecule is CC(=O)Nc1ccc(NC(=O)CN2C(=O)COc3ccc(-c4csc(-c5ccccn5)n4)cc32)cc1. The second kappa shape index (κ2) is 9.96. The van der Waals surface area contributed by atoms with E-state index in [2.05, 4.69) is 15.6 Å². The van der Waals surface area contributed by atoms with Crippen LogP contribution in [-0.2, 0) is 14.4 Å². The highest BCUT2D eigenvalue weighted by Gasteiger charge is 2.28. The summed E-state index contributed by atoms with van der Waals surface area (Å²) in [4.78, 5) is 47.1. The molecule has 1 aliphatic heterocycles. The smallest absolute Gasteiger partial charge is 0.265 e. The zero-order valence-corrected chi connectivity index (χ0v) is 20.0. The number of nitrogens with zero attached hydrogens (tertiary/aromatic N) is 3. The maximum absolute atomic E-state index is 12.8. The van der Waals surface area contributed by atoms with Crippen LogP contribution in [0.4, 0.5) is 17.1 Å². The van der Waals surface area contributed by atoms with Crippen molar-refractivity contribution in [1.82, 2.24) is 9.97 Å². The molecule has 36 heavy (non-hydrogen) atoms. The highest BCUT2D eigenvalue weighted by Crippen LogP contribution is 2.37. The Hall–Kier alpha value is -4.57. The van der Waals surface area contributed by atoms with Crippen LogP contribution in [0.3, 0.4) is 0 Å². The molecule has 2 N–H and O–H groups in total. The van der Waals surface area contributed by atoms with E-state index >= 15 is 0 Å². The van der Waals surface area contributed by atoms with E-state index in [4.69, 9.17) is 9.72 Å². The number of amides is 3. The molecule has 0 saturated heterocycles. The molecule has 0 atom stereocenters. The van der Waals surface area contributed by atoms with Gasteiger partial charge >= 0.3 is 0 Å². The van der Waals surface area contributed by atoms with Crippen molar-refractivity contribution in [3.63, 3.8) is 0 Å². The summed E-state index contributed by atoms with van der Waals surface area (Å²) >= 11 is 1.48. The first kappa shape index (κ1) is 23.2. The van der Waals surface area contributed by atoms with Crippen molar-refractivity contribution in [3.8, 4) is 27.7 Å². The minimum Gasteiger partial charge on any atom is -0.482 e. The predicted molar refractivity (Wildman–Crippen MR) is 138 cm³/mol. The molecule has 9 nitrogen and oxygen atoms in total. The lowest BCUT2D eigenvalue weighted by molar-refractivity contribution is -0.123. The number of aromatic nitrogens is 2. The van der Waals surface area contributed by atoms with E-state index in [1.807, 2.05) is 29.6 Å². The zero-order valence-electron chi connectivity index (χ0n) is 19.2. The Morgan fingerprint density at radius 1 is 1.03 bits per heavy atom. The first-order chi connectivity index (χ1) is 17.5. The number of benzene rings is 2. The van der Waals surface area contributed by atoms with Crippen LogP contribution in [0.2, 0.25) is 0 Å². The van der Waals surface area contributed by atoms with E-state index < -0.39 is 0 Å². The van der Waals surface area contributed by atoms with E-state index in [1.54, 1.807) is 42.6 Å². The summed E-state index contributed by atoms with van der Waals surface area (Å²) in [6.07, 6.45) is 1.72. The van der Waals surface area contributed by atoms with Gasteiger partial charge in [0.2, 0.25) is 11.8 Å². The van der Waals surface area contributed by atoms with E-state index in [0.717, 1.165) is 22.0 Å². The fourth-order valence-corrected chi connectivity index (χ4v) is 4.54. The monoisotopic (exact) mass is 499 g/mol. The molecule has 2 aromatic carbocycles. The van der Waals surface area contributed by atoms with Gasteiger partial charge < -0.3 is 15.4 Å². The van der Waals surface area contributed by atoms with Crippen LogP contribution in [-0.4, -0.2) is 40.8 Å². The van der Waals surface area contributed by atoms with Crippen molar-refractivity contribution in [2.75, 3.05) is 28.7 Å². The van der Waals surface area contributed by atoms with E-state index in [1.165, 1.54) is 23.2 Å². The highest BCUT2D eigenvalue weighted by molar-refractivity contribution is 7.13. The second-order valence-corrected chi connectivity index (χ2v) is 8.87. The zero-order chi connectivity index (χ0) is 25.1. The summed E-state index contributed by atoms with van der Waals surface area (Å²) in [5.41, 5.74) is 4.00. The van der Waals surface area contributed by atoms with Gasteiger partial charge in [-0.1, -0.05) is 6.07 Å². The van der Waals surface area contributed by atoms with Crippen molar-refractivity contribution in [2.24, 2.45) is 0 Å². The molecule has 1 aliphatic rings. The largest absolute Gasteiger partial charge is 0.482 e. The minimum absolute atomic E-state index is 0.147. The molecule has 0 radical (unpaired) electrons. The topological polar surface area (TPSA) is 114 Å². The first-order valence-corrected chi connectivity index (χ1v) is 12.0. The third-order valence-corrected chi connectivity index (χ3v) is 6.24. The third kappa shape index (κ3) is 5.08. The van der Waals surface area contributed by atoms with Gasteiger partial charge in [-0.2, -0.15) is 0 Å². The molecule has 3 heterocycles. The molecule has 0 aliphatic carbocycles. The number of pyridine rings is 1. The molecule has 3 amide bonds. The Kier molecular flexibility index (Phi) is 6.42. The molecular weight excluding hydrogens is 478 g/mol. The number of carbonyl (C=O) groups excluding carboxylic acids is 3. The standard InChI is InChI=1S/C26H21N5O4S/c1-16(32)28-18-6-8-19(9-7-18)29-24(33)13-31-22-12-17(5-10-23(22)35-14-25(31)34)21-15-36-26(30-21)20-4-2-3-11-27-20/h2-12,15H,13-14H2,1H3,(H,28,32)(H,29,33). The van der Waals surface area contributed by atoms with Crippen LogP contribution in [0.5, 0.6) is 5.75 Å². The van der Waals surface area contributed by atoms with Gasteiger partial charge in [0.05, 0.1) is 17.1 Å². The number of rotatable bonds is 6. The van der Waals surface area contributed by atoms with Gasteiger partial charge in [-0.05, 0) is 54.6 Å². The van der Waals surface area contributed by atoms with Crippen LogP contribution in [0.1, 0.15) is 6.92 Å². The molecule has 0 saturated carbocycles. The summed E-state index contributed by atoms with van der Waals surface area (Å²) < 4.78 is 5.59.